The minimum absolute atomic E-state index is 0.0107. The van der Waals surface area contributed by atoms with E-state index in [9.17, 15) is 13.2 Å². The SMILES string of the molecule is COc1cc(Cl)c(C)cc1NC(=O)NCCS(=O)(=O)N1C[C@H](C)O[C@@H](C)C1. The number of halogens is 1. The third-order valence-corrected chi connectivity index (χ3v) is 6.37. The number of ether oxygens (including phenoxy) is 2. The van der Waals surface area contributed by atoms with Crippen LogP contribution in [0.2, 0.25) is 5.02 Å². The van der Waals surface area contributed by atoms with Crippen molar-refractivity contribution in [2.24, 2.45) is 0 Å². The molecule has 2 N–H and O–H groups in total. The van der Waals surface area contributed by atoms with E-state index in [2.05, 4.69) is 10.6 Å². The third kappa shape index (κ3) is 5.97. The normalized spacial score (nSPS) is 20.9. The number of aryl methyl sites for hydroxylation is 1. The molecule has 1 fully saturated rings. The van der Waals surface area contributed by atoms with Crippen molar-refractivity contribution in [2.45, 2.75) is 33.0 Å². The van der Waals surface area contributed by atoms with Crippen LogP contribution in [0.3, 0.4) is 0 Å². The minimum Gasteiger partial charge on any atom is -0.495 e. The molecule has 10 heteroatoms. The predicted molar refractivity (Wildman–Crippen MR) is 105 cm³/mol. The van der Waals surface area contributed by atoms with Gasteiger partial charge >= 0.3 is 6.03 Å². The van der Waals surface area contributed by atoms with Crippen molar-refractivity contribution in [3.8, 4) is 5.75 Å². The standard InChI is InChI=1S/C17H26ClN3O5S/c1-11-7-15(16(25-4)8-14(11)18)20-17(22)19-5-6-27(23,24)21-9-12(2)26-13(3)10-21/h7-8,12-13H,5-6,9-10H2,1-4H3,(H2,19,20,22)/t12-,13-/m0/s1. The van der Waals surface area contributed by atoms with E-state index in [4.69, 9.17) is 21.1 Å². The second-order valence-electron chi connectivity index (χ2n) is 6.57. The smallest absolute Gasteiger partial charge is 0.319 e. The van der Waals surface area contributed by atoms with Crippen LogP contribution in [0.4, 0.5) is 10.5 Å². The Bertz CT molecular complexity index is 777. The molecule has 8 nitrogen and oxygen atoms in total. The zero-order chi connectivity index (χ0) is 20.2. The van der Waals surface area contributed by atoms with Gasteiger partial charge in [-0.05, 0) is 32.4 Å². The Morgan fingerprint density at radius 3 is 2.56 bits per heavy atom. The molecule has 1 aliphatic rings. The summed E-state index contributed by atoms with van der Waals surface area (Å²) in [5.41, 5.74) is 1.24. The van der Waals surface area contributed by atoms with E-state index in [1.54, 1.807) is 12.1 Å². The van der Waals surface area contributed by atoms with Crippen molar-refractivity contribution in [1.82, 2.24) is 9.62 Å². The molecule has 1 aromatic carbocycles. The highest BCUT2D eigenvalue weighted by molar-refractivity contribution is 7.89. The van der Waals surface area contributed by atoms with Gasteiger partial charge in [0.1, 0.15) is 5.75 Å². The van der Waals surface area contributed by atoms with Gasteiger partial charge in [0.2, 0.25) is 10.0 Å². The lowest BCUT2D eigenvalue weighted by molar-refractivity contribution is -0.0440. The zero-order valence-corrected chi connectivity index (χ0v) is 17.5. The zero-order valence-electron chi connectivity index (χ0n) is 15.9. The molecule has 0 radical (unpaired) electrons. The number of nitrogens with one attached hydrogen (secondary N) is 2. The van der Waals surface area contributed by atoms with Crippen LogP contribution < -0.4 is 15.4 Å². The van der Waals surface area contributed by atoms with Gasteiger partial charge < -0.3 is 20.1 Å². The lowest BCUT2D eigenvalue weighted by Gasteiger charge is -2.34. The van der Waals surface area contributed by atoms with Crippen LogP contribution in [-0.4, -0.2) is 63.5 Å². The molecular weight excluding hydrogens is 394 g/mol. The maximum absolute atomic E-state index is 12.5. The quantitative estimate of drug-likeness (QED) is 0.736. The molecule has 0 aliphatic carbocycles. The maximum atomic E-state index is 12.5. The summed E-state index contributed by atoms with van der Waals surface area (Å²) in [6.45, 7) is 6.11. The third-order valence-electron chi connectivity index (χ3n) is 4.15. The lowest BCUT2D eigenvalue weighted by Crippen LogP contribution is -2.49. The summed E-state index contributed by atoms with van der Waals surface area (Å²) in [5.74, 6) is 0.237. The van der Waals surface area contributed by atoms with Crippen LogP contribution in [0.1, 0.15) is 19.4 Å². The summed E-state index contributed by atoms with van der Waals surface area (Å²) in [7, 11) is -2.00. The number of nitrogens with zero attached hydrogens (tertiary/aromatic N) is 1. The van der Waals surface area contributed by atoms with Crippen LogP contribution in [0.15, 0.2) is 12.1 Å². The molecule has 27 heavy (non-hydrogen) atoms. The largest absolute Gasteiger partial charge is 0.495 e. The molecule has 2 amide bonds. The first-order valence-electron chi connectivity index (χ1n) is 8.64. The van der Waals surface area contributed by atoms with Gasteiger partial charge in [-0.2, -0.15) is 4.31 Å². The van der Waals surface area contributed by atoms with Crippen molar-refractivity contribution in [3.63, 3.8) is 0 Å². The molecule has 152 valence electrons. The number of carbonyl (C=O) groups is 1. The predicted octanol–water partition coefficient (Wildman–Crippen LogP) is 2.22. The number of urea groups is 1. The van der Waals surface area contributed by atoms with E-state index in [-0.39, 0.29) is 24.5 Å². The van der Waals surface area contributed by atoms with Crippen molar-refractivity contribution >= 4 is 33.3 Å². The number of sulfonamides is 1. The Morgan fingerprint density at radius 1 is 1.33 bits per heavy atom. The van der Waals surface area contributed by atoms with Crippen molar-refractivity contribution in [3.05, 3.63) is 22.7 Å². The van der Waals surface area contributed by atoms with Gasteiger partial charge in [0, 0.05) is 30.7 Å². The number of anilines is 1. The van der Waals surface area contributed by atoms with E-state index in [1.807, 2.05) is 20.8 Å². The summed E-state index contributed by atoms with van der Waals surface area (Å²) < 4.78 is 37.1. The van der Waals surface area contributed by atoms with Gasteiger partial charge in [0.05, 0.1) is 30.8 Å². The molecule has 0 bridgehead atoms. The molecule has 0 unspecified atom stereocenters. The summed E-state index contributed by atoms with van der Waals surface area (Å²) in [6.07, 6.45) is -0.305. The van der Waals surface area contributed by atoms with E-state index in [0.717, 1.165) is 5.56 Å². The number of hydrogen-bond acceptors (Lipinski definition) is 5. The number of methoxy groups -OCH3 is 1. The van der Waals surface area contributed by atoms with Gasteiger partial charge in [-0.1, -0.05) is 11.6 Å². The van der Waals surface area contributed by atoms with Crippen molar-refractivity contribution in [1.29, 1.82) is 0 Å². The van der Waals surface area contributed by atoms with Gasteiger partial charge in [-0.3, -0.25) is 0 Å². The summed E-state index contributed by atoms with van der Waals surface area (Å²) >= 11 is 6.04. The Balaban J connectivity index is 1.90. The Morgan fingerprint density at radius 2 is 1.96 bits per heavy atom. The van der Waals surface area contributed by atoms with Crippen LogP contribution in [0.25, 0.3) is 0 Å². The van der Waals surface area contributed by atoms with Crippen LogP contribution in [-0.2, 0) is 14.8 Å². The number of rotatable bonds is 6. The lowest BCUT2D eigenvalue weighted by atomic mass is 10.2. The fourth-order valence-electron chi connectivity index (χ4n) is 2.88. The first kappa shape index (κ1) is 21.7. The van der Waals surface area contributed by atoms with Crippen molar-refractivity contribution in [2.75, 3.05) is 37.8 Å². The highest BCUT2D eigenvalue weighted by Crippen LogP contribution is 2.30. The monoisotopic (exact) mass is 419 g/mol. The molecule has 2 rings (SSSR count). The molecule has 0 spiro atoms. The van der Waals surface area contributed by atoms with Gasteiger partial charge in [-0.15, -0.1) is 0 Å². The van der Waals surface area contributed by atoms with E-state index in [0.29, 0.717) is 29.5 Å². The number of amides is 2. The number of benzene rings is 1. The number of hydrogen-bond donors (Lipinski definition) is 2. The first-order chi connectivity index (χ1) is 12.6. The van der Waals surface area contributed by atoms with E-state index >= 15 is 0 Å². The van der Waals surface area contributed by atoms with E-state index < -0.39 is 16.1 Å². The second-order valence-corrected chi connectivity index (χ2v) is 9.07. The summed E-state index contributed by atoms with van der Waals surface area (Å²) in [6, 6.07) is 2.78. The fraction of sp³-hybridized carbons (Fsp3) is 0.588. The minimum atomic E-state index is -3.47. The highest BCUT2D eigenvalue weighted by Gasteiger charge is 2.30. The molecule has 1 heterocycles. The number of carbonyl (C=O) groups excluding carboxylic acids is 1. The fourth-order valence-corrected chi connectivity index (χ4v) is 4.52. The van der Waals surface area contributed by atoms with Gasteiger partial charge in [0.25, 0.3) is 0 Å². The molecule has 0 saturated carbocycles. The second kappa shape index (κ2) is 9.09. The summed E-state index contributed by atoms with van der Waals surface area (Å²) in [4.78, 5) is 12.1. The Labute approximate surface area is 165 Å². The van der Waals surface area contributed by atoms with Crippen LogP contribution in [0, 0.1) is 6.92 Å². The summed E-state index contributed by atoms with van der Waals surface area (Å²) in [5, 5.41) is 5.73. The number of morpholine rings is 1. The molecule has 1 aliphatic heterocycles. The van der Waals surface area contributed by atoms with Crippen molar-refractivity contribution < 1.29 is 22.7 Å². The molecule has 1 aromatic rings. The highest BCUT2D eigenvalue weighted by atomic mass is 35.5. The first-order valence-corrected chi connectivity index (χ1v) is 10.6. The molecule has 0 aromatic heterocycles. The van der Waals surface area contributed by atoms with Crippen LogP contribution in [0.5, 0.6) is 5.75 Å². The maximum Gasteiger partial charge on any atom is 0.319 e. The van der Waals surface area contributed by atoms with Crippen LogP contribution >= 0.6 is 11.6 Å². The molecule has 1 saturated heterocycles. The van der Waals surface area contributed by atoms with Gasteiger partial charge in [0.15, 0.2) is 0 Å². The Kier molecular flexibility index (Phi) is 7.32. The average molecular weight is 420 g/mol. The average Bonchev–Trinajstić information content (AvgIpc) is 2.57. The van der Waals surface area contributed by atoms with E-state index in [1.165, 1.54) is 11.4 Å². The Hall–Kier alpha value is -1.55. The van der Waals surface area contributed by atoms with Gasteiger partial charge in [-0.25, -0.2) is 13.2 Å². The molecule has 2 atom stereocenters. The topological polar surface area (TPSA) is 97.0 Å². The molecular formula is C17H26ClN3O5S.